The maximum atomic E-state index is 12.1. The predicted octanol–water partition coefficient (Wildman–Crippen LogP) is 4.30. The van der Waals surface area contributed by atoms with Gasteiger partial charge in [0.15, 0.2) is 11.1 Å². The van der Waals surface area contributed by atoms with Crippen LogP contribution in [0.15, 0.2) is 58.3 Å². The van der Waals surface area contributed by atoms with Gasteiger partial charge in [-0.1, -0.05) is 6.92 Å². The van der Waals surface area contributed by atoms with E-state index in [1.807, 2.05) is 31.2 Å². The first-order valence-corrected chi connectivity index (χ1v) is 13.9. The first-order valence-electron chi connectivity index (χ1n) is 10.3. The third-order valence-electron chi connectivity index (χ3n) is 3.97. The molecule has 0 aliphatic rings. The molecule has 3 N–H and O–H groups in total. The fourth-order valence-corrected chi connectivity index (χ4v) is 4.26. The van der Waals surface area contributed by atoms with Gasteiger partial charge in [0.05, 0.1) is 24.7 Å². The zero-order valence-corrected chi connectivity index (χ0v) is 22.0. The summed E-state index contributed by atoms with van der Waals surface area (Å²) in [7, 11) is -4.57. The Morgan fingerprint density at radius 2 is 1.53 bits per heavy atom. The van der Waals surface area contributed by atoms with Crippen LogP contribution in [0.5, 0.6) is 0 Å². The normalized spacial score (nSPS) is 12.3. The zero-order chi connectivity index (χ0) is 26.0. The van der Waals surface area contributed by atoms with Crippen LogP contribution >= 0.6 is 23.6 Å². The van der Waals surface area contributed by atoms with Crippen molar-refractivity contribution in [3.63, 3.8) is 0 Å². The van der Waals surface area contributed by atoms with Crippen LogP contribution < -0.4 is 10.6 Å². The van der Waals surface area contributed by atoms with Crippen molar-refractivity contribution in [2.24, 2.45) is 0 Å². The van der Waals surface area contributed by atoms with Crippen LogP contribution in [0.4, 0.5) is 23.3 Å². The van der Waals surface area contributed by atoms with E-state index >= 15 is 0 Å². The molecule has 12 nitrogen and oxygen atoms in total. The van der Waals surface area contributed by atoms with Crippen molar-refractivity contribution >= 4 is 68.4 Å². The molecular weight excluding hydrogens is 554 g/mol. The number of hydrogen-bond donors (Lipinski definition) is 3. The number of aromatic nitrogens is 3. The Labute approximate surface area is 220 Å². The van der Waals surface area contributed by atoms with Crippen LogP contribution in [0.3, 0.4) is 0 Å². The molecule has 0 amide bonds. The molecule has 2 aromatic carbocycles. The molecule has 3 aromatic rings. The zero-order valence-electron chi connectivity index (χ0n) is 18.8. The first kappa shape index (κ1) is 28.2. The first-order chi connectivity index (χ1) is 17.2. The summed E-state index contributed by atoms with van der Waals surface area (Å²) in [5.74, 6) is 0.420. The summed E-state index contributed by atoms with van der Waals surface area (Å²) in [4.78, 5) is 13.7. The largest absolute Gasteiger partial charge is 0.397 e. The van der Waals surface area contributed by atoms with Crippen molar-refractivity contribution in [1.82, 2.24) is 15.0 Å². The molecule has 0 saturated heterocycles. The van der Waals surface area contributed by atoms with Gasteiger partial charge in [0.2, 0.25) is 17.2 Å². The number of nitrogens with zero attached hydrogens (tertiary/aromatic N) is 3. The molecule has 0 saturated carbocycles. The van der Waals surface area contributed by atoms with E-state index in [1.54, 1.807) is 12.1 Å². The monoisotopic (exact) mass is 575 g/mol. The van der Waals surface area contributed by atoms with E-state index in [0.29, 0.717) is 17.2 Å². The summed E-state index contributed by atoms with van der Waals surface area (Å²) in [6, 6.07) is 13.8. The third-order valence-corrected chi connectivity index (χ3v) is 6.39. The minimum atomic E-state index is -4.57. The van der Waals surface area contributed by atoms with Crippen LogP contribution in [0.1, 0.15) is 13.3 Å². The summed E-state index contributed by atoms with van der Waals surface area (Å²) in [5.41, 5.74) is 1.32. The summed E-state index contributed by atoms with van der Waals surface area (Å²) < 4.78 is 56.1. The van der Waals surface area contributed by atoms with E-state index in [1.165, 1.54) is 24.2 Å². The van der Waals surface area contributed by atoms with Gasteiger partial charge in [0, 0.05) is 28.3 Å². The lowest BCUT2D eigenvalue weighted by molar-refractivity contribution is 0.212. The molecule has 1 unspecified atom stereocenters. The molecule has 16 heteroatoms. The number of benzene rings is 2. The van der Waals surface area contributed by atoms with E-state index in [4.69, 9.17) is 24.5 Å². The molecule has 0 aliphatic carbocycles. The minimum absolute atomic E-state index is 0.0200. The topological polar surface area (TPSA) is 162 Å². The molecule has 194 valence electrons. The van der Waals surface area contributed by atoms with Gasteiger partial charge in [0.25, 0.3) is 0 Å². The quantitative estimate of drug-likeness (QED) is 0.142. The summed E-state index contributed by atoms with van der Waals surface area (Å²) in [6.45, 7) is 1.94. The van der Waals surface area contributed by atoms with Crippen molar-refractivity contribution in [2.45, 2.75) is 23.1 Å². The Bertz CT molecular complexity index is 1270. The van der Waals surface area contributed by atoms with Crippen molar-refractivity contribution in [1.29, 1.82) is 0 Å². The molecule has 0 bridgehead atoms. The molecule has 1 atom stereocenters. The number of rotatable bonds is 14. The van der Waals surface area contributed by atoms with Crippen LogP contribution in [0.25, 0.3) is 0 Å². The van der Waals surface area contributed by atoms with Crippen molar-refractivity contribution in [2.75, 3.05) is 30.5 Å². The fourth-order valence-electron chi connectivity index (χ4n) is 2.47. The number of hydrogen-bond acceptors (Lipinski definition) is 12. The molecule has 1 heterocycles. The Morgan fingerprint density at radius 1 is 0.944 bits per heavy atom. The fraction of sp³-hybridized carbons (Fsp3) is 0.250. The van der Waals surface area contributed by atoms with Crippen molar-refractivity contribution in [3.8, 4) is 0 Å². The molecule has 1 aromatic heterocycles. The molecule has 0 spiro atoms. The lowest BCUT2D eigenvalue weighted by Crippen LogP contribution is -2.11. The van der Waals surface area contributed by atoms with E-state index in [9.17, 15) is 12.6 Å². The summed E-state index contributed by atoms with van der Waals surface area (Å²) in [6.07, 6.45) is 0.943. The molecule has 0 radical (unpaired) electrons. The predicted molar refractivity (Wildman–Crippen MR) is 136 cm³/mol. The van der Waals surface area contributed by atoms with Gasteiger partial charge in [-0.25, -0.2) is 8.39 Å². The van der Waals surface area contributed by atoms with Gasteiger partial charge in [-0.2, -0.15) is 23.4 Å². The second kappa shape index (κ2) is 13.8. The number of anilines is 4. The van der Waals surface area contributed by atoms with Gasteiger partial charge in [0.1, 0.15) is 0 Å². The minimum Gasteiger partial charge on any atom is -0.324 e. The maximum Gasteiger partial charge on any atom is 0.397 e. The number of halogens is 1. The lowest BCUT2D eigenvalue weighted by Gasteiger charge is -2.09. The van der Waals surface area contributed by atoms with E-state index < -0.39 is 28.1 Å². The molecule has 36 heavy (non-hydrogen) atoms. The summed E-state index contributed by atoms with van der Waals surface area (Å²) in [5, 5.41) is 6.03. The van der Waals surface area contributed by atoms with Gasteiger partial charge in [-0.15, -0.1) is 0 Å². The van der Waals surface area contributed by atoms with Gasteiger partial charge >= 0.3 is 10.4 Å². The van der Waals surface area contributed by atoms with E-state index in [-0.39, 0.29) is 23.8 Å². The smallest absolute Gasteiger partial charge is 0.324 e. The van der Waals surface area contributed by atoms with Crippen molar-refractivity contribution in [3.05, 3.63) is 53.8 Å². The highest BCUT2D eigenvalue weighted by atomic mass is 35.5. The second-order valence-corrected chi connectivity index (χ2v) is 10.2. The van der Waals surface area contributed by atoms with Crippen molar-refractivity contribution < 1.29 is 29.7 Å². The van der Waals surface area contributed by atoms with Crippen LogP contribution in [-0.4, -0.2) is 52.0 Å². The maximum absolute atomic E-state index is 12.1. The SMILES string of the molecule is CCCOSc1ccc(Nc2nc(Cl)nc(Nc3ccc(S(=O)OCCOS(=O)(=O)O)cc3)n2)cc1. The molecular formula is C20H22ClN5O7S3. The highest BCUT2D eigenvalue weighted by molar-refractivity contribution is 7.94. The Kier molecular flexibility index (Phi) is 10.8. The highest BCUT2D eigenvalue weighted by Gasteiger charge is 2.10. The Morgan fingerprint density at radius 3 is 2.08 bits per heavy atom. The Hall–Kier alpha value is -2.37. The number of nitrogens with one attached hydrogen (secondary N) is 2. The third kappa shape index (κ3) is 9.94. The van der Waals surface area contributed by atoms with Gasteiger partial charge in [-0.05, 0) is 66.6 Å². The average Bonchev–Trinajstić information content (AvgIpc) is 2.82. The van der Waals surface area contributed by atoms with Crippen LogP contribution in [-0.2, 0) is 34.0 Å². The Balaban J connectivity index is 1.57. The molecule has 0 fully saturated rings. The second-order valence-electron chi connectivity index (χ2n) is 6.76. The van der Waals surface area contributed by atoms with Crippen LogP contribution in [0, 0.1) is 0 Å². The standard InChI is InChI=1S/C20H22ClN5O7S3/c1-2-11-31-34-16-7-3-14(4-8-16)22-19-24-18(21)25-20(26-19)23-15-5-9-17(10-6-15)35(27)32-12-13-33-36(28,29)30/h3-10H,2,11-13H2,1H3,(H,28,29,30)(H2,22,23,24,25,26). The van der Waals surface area contributed by atoms with E-state index in [0.717, 1.165) is 17.0 Å². The molecule has 0 aliphatic heterocycles. The summed E-state index contributed by atoms with van der Waals surface area (Å²) >= 11 is 5.50. The highest BCUT2D eigenvalue weighted by Crippen LogP contribution is 2.24. The lowest BCUT2D eigenvalue weighted by atomic mass is 10.3. The van der Waals surface area contributed by atoms with E-state index in [2.05, 4.69) is 29.8 Å². The molecule has 3 rings (SSSR count). The van der Waals surface area contributed by atoms with Gasteiger partial charge < -0.3 is 14.8 Å². The van der Waals surface area contributed by atoms with Gasteiger partial charge in [-0.3, -0.25) is 8.74 Å². The van der Waals surface area contributed by atoms with Crippen LogP contribution in [0.2, 0.25) is 5.28 Å². The average molecular weight is 576 g/mol.